The molecule has 2 rings (SSSR count). The van der Waals surface area contributed by atoms with Crippen molar-refractivity contribution in [3.63, 3.8) is 0 Å². The second-order valence-electron chi connectivity index (χ2n) is 7.37. The van der Waals surface area contributed by atoms with E-state index in [-0.39, 0.29) is 30.7 Å². The summed E-state index contributed by atoms with van der Waals surface area (Å²) in [5, 5.41) is 10.5. The Kier molecular flexibility index (Phi) is 10.5. The van der Waals surface area contributed by atoms with E-state index >= 15 is 0 Å². The molecule has 0 aliphatic carbocycles. The van der Waals surface area contributed by atoms with Crippen molar-refractivity contribution in [3.05, 3.63) is 28.9 Å². The summed E-state index contributed by atoms with van der Waals surface area (Å²) in [4.78, 5) is 10.4. The highest BCUT2D eigenvalue weighted by Gasteiger charge is 2.37. The first-order valence-electron chi connectivity index (χ1n) is 9.66. The molecule has 188 valence electrons. The van der Waals surface area contributed by atoms with Gasteiger partial charge >= 0.3 is 6.18 Å². The van der Waals surface area contributed by atoms with Crippen LogP contribution in [0.4, 0.5) is 33.7 Å². The molecule has 0 aliphatic rings. The van der Waals surface area contributed by atoms with E-state index < -0.39 is 46.0 Å². The van der Waals surface area contributed by atoms with E-state index in [0.29, 0.717) is 13.0 Å². The maximum absolute atomic E-state index is 14.9. The summed E-state index contributed by atoms with van der Waals surface area (Å²) in [6.45, 7) is 1.70. The van der Waals surface area contributed by atoms with E-state index in [2.05, 4.69) is 15.3 Å². The van der Waals surface area contributed by atoms with Gasteiger partial charge in [0.05, 0.1) is 17.7 Å². The largest absolute Gasteiger partial charge is 0.493 e. The molecule has 0 spiro atoms. The van der Waals surface area contributed by atoms with Crippen LogP contribution in [0.15, 0.2) is 12.1 Å². The molecular weight excluding hydrogens is 506 g/mol. The summed E-state index contributed by atoms with van der Waals surface area (Å²) in [5.74, 6) is -3.30. The smallest absolute Gasteiger partial charge is 0.408 e. The number of halogens is 7. The maximum atomic E-state index is 14.9. The number of anilines is 2. The highest BCUT2D eigenvalue weighted by atomic mass is 35.5. The molecule has 0 fully saturated rings. The average Bonchev–Trinajstić information content (AvgIpc) is 2.70. The summed E-state index contributed by atoms with van der Waals surface area (Å²) in [6, 6.07) is -0.347. The Balaban J connectivity index is 0.00000578. The number of hydrogen-bond donors (Lipinski definition) is 1. The molecule has 7 nitrogen and oxygen atoms in total. The van der Waals surface area contributed by atoms with Crippen LogP contribution >= 0.6 is 24.0 Å². The summed E-state index contributed by atoms with van der Waals surface area (Å²) in [5.41, 5.74) is -1.25. The molecule has 0 radical (unpaired) electrons. The Morgan fingerprint density at radius 1 is 1.15 bits per heavy atom. The van der Waals surface area contributed by atoms with Gasteiger partial charge in [-0.25, -0.2) is 8.78 Å². The summed E-state index contributed by atoms with van der Waals surface area (Å²) in [7, 11) is 4.97. The summed E-state index contributed by atoms with van der Waals surface area (Å²) < 4.78 is 74.6. The van der Waals surface area contributed by atoms with Crippen molar-refractivity contribution in [3.8, 4) is 23.1 Å². The molecule has 34 heavy (non-hydrogen) atoms. The highest BCUT2D eigenvalue weighted by Crippen LogP contribution is 2.39. The lowest BCUT2D eigenvalue weighted by Gasteiger charge is -2.22. The number of hydrogen-bond acceptors (Lipinski definition) is 7. The van der Waals surface area contributed by atoms with Gasteiger partial charge in [-0.15, -0.1) is 12.4 Å². The van der Waals surface area contributed by atoms with Crippen molar-refractivity contribution in [2.45, 2.75) is 25.6 Å². The molecule has 14 heteroatoms. The van der Waals surface area contributed by atoms with E-state index in [1.807, 2.05) is 19.0 Å². The minimum atomic E-state index is -4.70. The minimum absolute atomic E-state index is 0. The molecule has 0 aliphatic heterocycles. The third-order valence-corrected chi connectivity index (χ3v) is 4.70. The fourth-order valence-corrected chi connectivity index (χ4v) is 2.93. The SMILES string of the molecule is C[C@H](Nc1nc(N(C)C#N)nc(Cl)c1-c1c(F)cc(OCCCN(C)C)cc1F)C(F)(F)F.Cl. The Morgan fingerprint density at radius 3 is 2.24 bits per heavy atom. The highest BCUT2D eigenvalue weighted by molar-refractivity contribution is 6.32. The van der Waals surface area contributed by atoms with Gasteiger partial charge in [0.1, 0.15) is 34.4 Å². The molecule has 1 N–H and O–H groups in total. The molecule has 0 bridgehead atoms. The van der Waals surface area contributed by atoms with Gasteiger partial charge < -0.3 is 15.0 Å². The predicted molar refractivity (Wildman–Crippen MR) is 121 cm³/mol. The fraction of sp³-hybridized carbons (Fsp3) is 0.450. The van der Waals surface area contributed by atoms with Gasteiger partial charge in [0.2, 0.25) is 5.95 Å². The van der Waals surface area contributed by atoms with E-state index in [1.54, 1.807) is 6.19 Å². The lowest BCUT2D eigenvalue weighted by molar-refractivity contribution is -0.138. The van der Waals surface area contributed by atoms with Crippen LogP contribution in [-0.2, 0) is 0 Å². The molecule has 1 atom stereocenters. The van der Waals surface area contributed by atoms with Crippen molar-refractivity contribution in [1.82, 2.24) is 14.9 Å². The topological polar surface area (TPSA) is 77.3 Å². The standard InChI is InChI=1S/C20H22ClF5N6O.ClH/c1-11(20(24,25)26)28-18-16(17(21)29-19(30-18)32(4)10-27)15-13(22)8-12(9-14(15)23)33-7-5-6-31(2)3;/h8-9,11H,5-7H2,1-4H3,(H,28,29,30);1H/t11-;/m0./s1. The average molecular weight is 529 g/mol. The van der Waals surface area contributed by atoms with E-state index in [1.165, 1.54) is 7.05 Å². The van der Waals surface area contributed by atoms with E-state index in [4.69, 9.17) is 21.6 Å². The summed E-state index contributed by atoms with van der Waals surface area (Å²) >= 11 is 6.11. The van der Waals surface area contributed by atoms with Crippen molar-refractivity contribution in [2.24, 2.45) is 0 Å². The molecule has 2 aromatic rings. The van der Waals surface area contributed by atoms with Crippen LogP contribution in [-0.4, -0.2) is 61.4 Å². The molecule has 1 aromatic heterocycles. The zero-order valence-corrected chi connectivity index (χ0v) is 20.2. The molecule has 0 saturated heterocycles. The van der Waals surface area contributed by atoms with E-state index in [9.17, 15) is 22.0 Å². The number of nitrogens with zero attached hydrogens (tertiary/aromatic N) is 5. The third-order valence-electron chi connectivity index (χ3n) is 4.43. The predicted octanol–water partition coefficient (Wildman–Crippen LogP) is 5.11. The van der Waals surface area contributed by atoms with Gasteiger partial charge in [-0.1, -0.05) is 11.6 Å². The molecule has 0 saturated carbocycles. The van der Waals surface area contributed by atoms with Crippen LogP contribution in [0.25, 0.3) is 11.1 Å². The van der Waals surface area contributed by atoms with Gasteiger partial charge in [0.15, 0.2) is 6.19 Å². The molecular formula is C20H23Cl2F5N6O. The van der Waals surface area contributed by atoms with Crippen molar-refractivity contribution in [1.29, 1.82) is 5.26 Å². The zero-order chi connectivity index (χ0) is 24.9. The second kappa shape index (κ2) is 12.2. The van der Waals surface area contributed by atoms with Gasteiger partial charge in [-0.2, -0.15) is 28.4 Å². The normalized spacial score (nSPS) is 12.1. The monoisotopic (exact) mass is 528 g/mol. The fourth-order valence-electron chi connectivity index (χ4n) is 2.67. The molecule has 1 heterocycles. The van der Waals surface area contributed by atoms with Gasteiger partial charge in [0.25, 0.3) is 0 Å². The lowest BCUT2D eigenvalue weighted by Crippen LogP contribution is -2.34. The molecule has 0 unspecified atom stereocenters. The number of aromatic nitrogens is 2. The Morgan fingerprint density at radius 2 is 1.74 bits per heavy atom. The zero-order valence-electron chi connectivity index (χ0n) is 18.7. The number of rotatable bonds is 9. The number of alkyl halides is 3. The van der Waals surface area contributed by atoms with Crippen LogP contribution in [0.2, 0.25) is 5.15 Å². The lowest BCUT2D eigenvalue weighted by atomic mass is 10.1. The van der Waals surface area contributed by atoms with Crippen LogP contribution in [0.5, 0.6) is 5.75 Å². The second-order valence-corrected chi connectivity index (χ2v) is 7.73. The first-order valence-corrected chi connectivity index (χ1v) is 10.0. The van der Waals surface area contributed by atoms with Gasteiger partial charge in [0, 0.05) is 25.7 Å². The first-order chi connectivity index (χ1) is 15.3. The van der Waals surface area contributed by atoms with Crippen molar-refractivity contribution < 1.29 is 26.7 Å². The van der Waals surface area contributed by atoms with Gasteiger partial charge in [-0.3, -0.25) is 4.90 Å². The van der Waals surface area contributed by atoms with Crippen LogP contribution in [0, 0.1) is 23.1 Å². The Labute approximate surface area is 204 Å². The third kappa shape index (κ3) is 7.44. The van der Waals surface area contributed by atoms with Crippen molar-refractivity contribution >= 4 is 35.8 Å². The summed E-state index contributed by atoms with van der Waals surface area (Å²) in [6.07, 6.45) is -2.42. The Bertz CT molecular complexity index is 1010. The van der Waals surface area contributed by atoms with Crippen LogP contribution in [0.3, 0.4) is 0 Å². The van der Waals surface area contributed by atoms with Gasteiger partial charge in [-0.05, 0) is 27.4 Å². The number of nitriles is 1. The maximum Gasteiger partial charge on any atom is 0.408 e. The molecule has 0 amide bonds. The first kappa shape index (κ1) is 29.4. The number of ether oxygens (including phenoxy) is 1. The van der Waals surface area contributed by atoms with Crippen LogP contribution in [0.1, 0.15) is 13.3 Å². The number of benzene rings is 1. The van der Waals surface area contributed by atoms with Crippen molar-refractivity contribution in [2.75, 3.05) is 44.5 Å². The quantitative estimate of drug-likeness (QED) is 0.159. The van der Waals surface area contributed by atoms with Crippen LogP contribution < -0.4 is 15.0 Å². The minimum Gasteiger partial charge on any atom is -0.493 e. The number of nitrogens with one attached hydrogen (secondary N) is 1. The molecule has 1 aromatic carbocycles. The Hall–Kier alpha value is -2.62. The van der Waals surface area contributed by atoms with E-state index in [0.717, 1.165) is 24.0 Å².